The Morgan fingerprint density at radius 3 is 2.59 bits per heavy atom. The van der Waals surface area contributed by atoms with Crippen LogP contribution in [0.25, 0.3) is 0 Å². The van der Waals surface area contributed by atoms with E-state index in [0.29, 0.717) is 12.8 Å². The van der Waals surface area contributed by atoms with Crippen LogP contribution in [-0.2, 0) is 14.4 Å². The molecule has 17 heavy (non-hydrogen) atoms. The van der Waals surface area contributed by atoms with Crippen molar-refractivity contribution >= 4 is 17.8 Å². The molecule has 6 nitrogen and oxygen atoms in total. The molecule has 6 heteroatoms. The number of hydrogen-bond donors (Lipinski definition) is 3. The Morgan fingerprint density at radius 1 is 1.53 bits per heavy atom. The minimum Gasteiger partial charge on any atom is -0.481 e. The molecule has 3 N–H and O–H groups in total. The molecule has 0 bridgehead atoms. The number of hydrogen-bond acceptors (Lipinski definition) is 3. The standard InChI is InChI=1S/C11H18N2O4/c1-6(2)8(5-10(15)16)13-11(17)7-3-4-9(14)12-7/h6-8H,3-5H2,1-2H3,(H,12,14)(H,13,17)(H,15,16). The molecule has 2 atom stereocenters. The first kappa shape index (κ1) is 13.5. The van der Waals surface area contributed by atoms with Crippen LogP contribution < -0.4 is 10.6 Å². The molecule has 1 aliphatic heterocycles. The van der Waals surface area contributed by atoms with E-state index in [2.05, 4.69) is 10.6 Å². The predicted octanol–water partition coefficient (Wildman–Crippen LogP) is -0.119. The van der Waals surface area contributed by atoms with Gasteiger partial charge in [-0.05, 0) is 12.3 Å². The summed E-state index contributed by atoms with van der Waals surface area (Å²) in [5.41, 5.74) is 0. The lowest BCUT2D eigenvalue weighted by Crippen LogP contribution is -2.48. The van der Waals surface area contributed by atoms with Crippen molar-refractivity contribution in [2.75, 3.05) is 0 Å². The highest BCUT2D eigenvalue weighted by Crippen LogP contribution is 2.10. The number of aliphatic carboxylic acids is 1. The van der Waals surface area contributed by atoms with Crippen LogP contribution in [-0.4, -0.2) is 35.0 Å². The number of carboxylic acids is 1. The summed E-state index contributed by atoms with van der Waals surface area (Å²) in [4.78, 5) is 33.4. The van der Waals surface area contributed by atoms with Crippen molar-refractivity contribution in [1.29, 1.82) is 0 Å². The third-order valence-electron chi connectivity index (χ3n) is 2.84. The minimum absolute atomic E-state index is 0.0344. The zero-order chi connectivity index (χ0) is 13.0. The first-order valence-corrected chi connectivity index (χ1v) is 5.71. The van der Waals surface area contributed by atoms with Gasteiger partial charge >= 0.3 is 5.97 Å². The van der Waals surface area contributed by atoms with Gasteiger partial charge in [0, 0.05) is 12.5 Å². The first-order chi connectivity index (χ1) is 7.90. The second-order valence-electron chi connectivity index (χ2n) is 4.62. The van der Waals surface area contributed by atoms with Crippen molar-refractivity contribution in [2.45, 2.75) is 45.2 Å². The van der Waals surface area contributed by atoms with E-state index in [1.54, 1.807) is 0 Å². The molecule has 1 rings (SSSR count). The van der Waals surface area contributed by atoms with Gasteiger partial charge in [-0.25, -0.2) is 0 Å². The van der Waals surface area contributed by atoms with Crippen LogP contribution in [0.4, 0.5) is 0 Å². The molecular weight excluding hydrogens is 224 g/mol. The van der Waals surface area contributed by atoms with Crippen LogP contribution in [0.15, 0.2) is 0 Å². The normalized spacial score (nSPS) is 21.1. The van der Waals surface area contributed by atoms with E-state index < -0.39 is 18.1 Å². The van der Waals surface area contributed by atoms with Crippen molar-refractivity contribution in [1.82, 2.24) is 10.6 Å². The largest absolute Gasteiger partial charge is 0.481 e. The third-order valence-corrected chi connectivity index (χ3v) is 2.84. The monoisotopic (exact) mass is 242 g/mol. The molecule has 1 saturated heterocycles. The summed E-state index contributed by atoms with van der Waals surface area (Å²) in [6, 6.07) is -0.921. The van der Waals surface area contributed by atoms with Crippen LogP contribution in [0.1, 0.15) is 33.1 Å². The number of amides is 2. The quantitative estimate of drug-likeness (QED) is 0.626. The Morgan fingerprint density at radius 2 is 2.18 bits per heavy atom. The van der Waals surface area contributed by atoms with E-state index in [1.807, 2.05) is 13.8 Å². The maximum Gasteiger partial charge on any atom is 0.305 e. The lowest BCUT2D eigenvalue weighted by atomic mass is 10.0. The zero-order valence-electron chi connectivity index (χ0n) is 10.0. The van der Waals surface area contributed by atoms with Gasteiger partial charge in [-0.15, -0.1) is 0 Å². The highest BCUT2D eigenvalue weighted by atomic mass is 16.4. The Kier molecular flexibility index (Phi) is 4.48. The zero-order valence-corrected chi connectivity index (χ0v) is 10.0. The summed E-state index contributed by atoms with van der Waals surface area (Å²) in [7, 11) is 0. The molecule has 0 saturated carbocycles. The molecule has 0 aliphatic carbocycles. The predicted molar refractivity (Wildman–Crippen MR) is 60.2 cm³/mol. The van der Waals surface area contributed by atoms with E-state index in [4.69, 9.17) is 5.11 Å². The summed E-state index contributed by atoms with van der Waals surface area (Å²) >= 11 is 0. The summed E-state index contributed by atoms with van der Waals surface area (Å²) in [6.07, 6.45) is 0.718. The first-order valence-electron chi connectivity index (χ1n) is 5.71. The third kappa shape index (κ3) is 4.05. The molecular formula is C11H18N2O4. The van der Waals surface area contributed by atoms with Crippen molar-refractivity contribution in [3.8, 4) is 0 Å². The van der Waals surface area contributed by atoms with Gasteiger partial charge in [0.15, 0.2) is 0 Å². The maximum absolute atomic E-state index is 11.8. The van der Waals surface area contributed by atoms with Gasteiger partial charge in [-0.3, -0.25) is 14.4 Å². The second-order valence-corrected chi connectivity index (χ2v) is 4.62. The number of nitrogens with one attached hydrogen (secondary N) is 2. The Hall–Kier alpha value is -1.59. The lowest BCUT2D eigenvalue weighted by molar-refractivity contribution is -0.138. The molecule has 1 aliphatic rings. The average molecular weight is 242 g/mol. The number of rotatable bonds is 5. The van der Waals surface area contributed by atoms with E-state index >= 15 is 0 Å². The van der Waals surface area contributed by atoms with Crippen LogP contribution in [0.2, 0.25) is 0 Å². The Bertz CT molecular complexity index is 327. The molecule has 0 spiro atoms. The van der Waals surface area contributed by atoms with E-state index in [9.17, 15) is 14.4 Å². The summed E-state index contributed by atoms with van der Waals surface area (Å²) < 4.78 is 0. The van der Waals surface area contributed by atoms with Crippen molar-refractivity contribution in [2.24, 2.45) is 5.92 Å². The molecule has 2 amide bonds. The maximum atomic E-state index is 11.8. The number of carboxylic acid groups (broad SMARTS) is 1. The summed E-state index contributed by atoms with van der Waals surface area (Å²) in [5, 5.41) is 14.0. The fraction of sp³-hybridized carbons (Fsp3) is 0.727. The summed E-state index contributed by atoms with van der Waals surface area (Å²) in [6.45, 7) is 3.70. The molecule has 0 radical (unpaired) electrons. The van der Waals surface area contributed by atoms with E-state index in [1.165, 1.54) is 0 Å². The highest BCUT2D eigenvalue weighted by Gasteiger charge is 2.29. The van der Waals surface area contributed by atoms with Crippen molar-refractivity contribution < 1.29 is 19.5 Å². The van der Waals surface area contributed by atoms with Gasteiger partial charge in [0.1, 0.15) is 6.04 Å². The molecule has 96 valence electrons. The topological polar surface area (TPSA) is 95.5 Å². The molecule has 2 unspecified atom stereocenters. The lowest BCUT2D eigenvalue weighted by Gasteiger charge is -2.22. The highest BCUT2D eigenvalue weighted by molar-refractivity contribution is 5.91. The van der Waals surface area contributed by atoms with Crippen LogP contribution in [0.3, 0.4) is 0 Å². The van der Waals surface area contributed by atoms with E-state index in [0.717, 1.165) is 0 Å². The molecule has 1 fully saturated rings. The van der Waals surface area contributed by atoms with Crippen LogP contribution in [0.5, 0.6) is 0 Å². The van der Waals surface area contributed by atoms with Gasteiger partial charge < -0.3 is 15.7 Å². The van der Waals surface area contributed by atoms with E-state index in [-0.39, 0.29) is 24.2 Å². The number of carbonyl (C=O) groups is 3. The van der Waals surface area contributed by atoms with Crippen molar-refractivity contribution in [3.63, 3.8) is 0 Å². The SMILES string of the molecule is CC(C)C(CC(=O)O)NC(=O)C1CCC(=O)N1. The summed E-state index contributed by atoms with van der Waals surface area (Å²) in [5.74, 6) is -1.34. The fourth-order valence-corrected chi connectivity index (χ4v) is 1.74. The number of carbonyl (C=O) groups excluding carboxylic acids is 2. The Labute approximate surface area is 99.8 Å². The molecule has 0 aromatic heterocycles. The Balaban J connectivity index is 2.52. The molecule has 0 aromatic carbocycles. The van der Waals surface area contributed by atoms with Crippen LogP contribution >= 0.6 is 0 Å². The van der Waals surface area contributed by atoms with Gasteiger partial charge in [-0.2, -0.15) is 0 Å². The smallest absolute Gasteiger partial charge is 0.305 e. The van der Waals surface area contributed by atoms with Gasteiger partial charge in [-0.1, -0.05) is 13.8 Å². The van der Waals surface area contributed by atoms with Gasteiger partial charge in [0.25, 0.3) is 0 Å². The van der Waals surface area contributed by atoms with Crippen LogP contribution in [0, 0.1) is 5.92 Å². The second kappa shape index (κ2) is 5.65. The van der Waals surface area contributed by atoms with Crippen molar-refractivity contribution in [3.05, 3.63) is 0 Å². The minimum atomic E-state index is -0.945. The van der Waals surface area contributed by atoms with Gasteiger partial charge in [0.2, 0.25) is 11.8 Å². The fourth-order valence-electron chi connectivity index (χ4n) is 1.74. The molecule has 0 aromatic rings. The average Bonchev–Trinajstić information content (AvgIpc) is 2.63. The van der Waals surface area contributed by atoms with Gasteiger partial charge in [0.05, 0.1) is 6.42 Å². The molecule has 1 heterocycles.